The fraction of sp³-hybridized carbons (Fsp3) is 0.333. The van der Waals surface area contributed by atoms with E-state index in [4.69, 9.17) is 5.73 Å². The summed E-state index contributed by atoms with van der Waals surface area (Å²) in [5.74, 6) is 5.17. The first-order valence-corrected chi connectivity index (χ1v) is 6.43. The number of hydrogen-bond donors (Lipinski definition) is 3. The summed E-state index contributed by atoms with van der Waals surface area (Å²) in [6, 6.07) is 5.22. The summed E-state index contributed by atoms with van der Waals surface area (Å²) in [5, 5.41) is 5.17. The first-order valence-electron chi connectivity index (χ1n) is 6.43. The number of likely N-dealkylation sites (N-methyl/N-ethyl adjacent to an activating group) is 1. The molecule has 0 spiro atoms. The van der Waals surface area contributed by atoms with Crippen molar-refractivity contribution in [2.45, 2.75) is 13.8 Å². The van der Waals surface area contributed by atoms with E-state index in [1.54, 1.807) is 12.1 Å². The maximum absolute atomic E-state index is 11.9. The summed E-state index contributed by atoms with van der Waals surface area (Å²) >= 11 is 0. The molecule has 0 radical (unpaired) electrons. The standard InChI is InChI=1S/C15H19N3O2/c1-3-17-14(19)10-18-15(20)13-7-6-11(2)12(9-13)5-4-8-16/h6-7,9H,3,8,10,16H2,1-2H3,(H,17,19)(H,18,20). The Bertz CT molecular complexity index is 556. The third-order valence-electron chi connectivity index (χ3n) is 2.61. The Morgan fingerprint density at radius 3 is 2.70 bits per heavy atom. The summed E-state index contributed by atoms with van der Waals surface area (Å²) < 4.78 is 0. The molecule has 0 fully saturated rings. The lowest BCUT2D eigenvalue weighted by Crippen LogP contribution is -2.36. The Kier molecular flexibility index (Phi) is 6.27. The van der Waals surface area contributed by atoms with Crippen molar-refractivity contribution in [3.8, 4) is 11.8 Å². The highest BCUT2D eigenvalue weighted by Crippen LogP contribution is 2.10. The van der Waals surface area contributed by atoms with Gasteiger partial charge in [-0.05, 0) is 31.5 Å². The summed E-state index contributed by atoms with van der Waals surface area (Å²) in [5.41, 5.74) is 7.55. The molecule has 0 saturated carbocycles. The van der Waals surface area contributed by atoms with Gasteiger partial charge in [-0.3, -0.25) is 9.59 Å². The van der Waals surface area contributed by atoms with E-state index in [1.165, 1.54) is 0 Å². The van der Waals surface area contributed by atoms with Crippen molar-refractivity contribution >= 4 is 11.8 Å². The lowest BCUT2D eigenvalue weighted by atomic mass is 10.0. The Labute approximate surface area is 118 Å². The average Bonchev–Trinajstić information content (AvgIpc) is 2.44. The first-order chi connectivity index (χ1) is 9.58. The van der Waals surface area contributed by atoms with Gasteiger partial charge in [-0.2, -0.15) is 0 Å². The summed E-state index contributed by atoms with van der Waals surface area (Å²) in [6.45, 7) is 4.51. The van der Waals surface area contributed by atoms with Crippen LogP contribution < -0.4 is 16.4 Å². The third kappa shape index (κ3) is 4.75. The molecule has 1 rings (SSSR count). The van der Waals surface area contributed by atoms with Crippen molar-refractivity contribution in [3.05, 3.63) is 34.9 Å². The van der Waals surface area contributed by atoms with Crippen molar-refractivity contribution in [1.82, 2.24) is 10.6 Å². The number of nitrogens with one attached hydrogen (secondary N) is 2. The van der Waals surface area contributed by atoms with Crippen LogP contribution in [0.1, 0.15) is 28.4 Å². The Hall–Kier alpha value is -2.32. The predicted octanol–water partition coefficient (Wildman–Crippen LogP) is 0.171. The molecule has 1 aromatic carbocycles. The molecule has 5 nitrogen and oxygen atoms in total. The minimum Gasteiger partial charge on any atom is -0.355 e. The second-order valence-corrected chi connectivity index (χ2v) is 4.17. The van der Waals surface area contributed by atoms with Gasteiger partial charge in [-0.1, -0.05) is 17.9 Å². The molecule has 0 heterocycles. The zero-order chi connectivity index (χ0) is 15.0. The maximum Gasteiger partial charge on any atom is 0.251 e. The third-order valence-corrected chi connectivity index (χ3v) is 2.61. The second kappa shape index (κ2) is 7.97. The maximum atomic E-state index is 11.9. The van der Waals surface area contributed by atoms with Crippen LogP contribution in [0.2, 0.25) is 0 Å². The normalized spacial score (nSPS) is 9.35. The van der Waals surface area contributed by atoms with E-state index in [9.17, 15) is 9.59 Å². The van der Waals surface area contributed by atoms with E-state index in [2.05, 4.69) is 22.5 Å². The van der Waals surface area contributed by atoms with Gasteiger partial charge in [0.05, 0.1) is 13.1 Å². The largest absolute Gasteiger partial charge is 0.355 e. The zero-order valence-corrected chi connectivity index (χ0v) is 11.7. The highest BCUT2D eigenvalue weighted by molar-refractivity contribution is 5.96. The lowest BCUT2D eigenvalue weighted by molar-refractivity contribution is -0.120. The highest BCUT2D eigenvalue weighted by Gasteiger charge is 2.08. The molecule has 0 aromatic heterocycles. The van der Waals surface area contributed by atoms with E-state index in [0.717, 1.165) is 11.1 Å². The molecule has 0 aliphatic heterocycles. The van der Waals surface area contributed by atoms with Crippen LogP contribution in [0, 0.1) is 18.8 Å². The number of nitrogens with two attached hydrogens (primary N) is 1. The quantitative estimate of drug-likeness (QED) is 0.684. The molecule has 0 atom stereocenters. The molecule has 4 N–H and O–H groups in total. The van der Waals surface area contributed by atoms with Gasteiger partial charge in [0.25, 0.3) is 5.91 Å². The summed E-state index contributed by atoms with van der Waals surface area (Å²) in [7, 11) is 0. The van der Waals surface area contributed by atoms with Crippen molar-refractivity contribution in [3.63, 3.8) is 0 Å². The molecule has 0 bridgehead atoms. The van der Waals surface area contributed by atoms with E-state index in [-0.39, 0.29) is 24.9 Å². The van der Waals surface area contributed by atoms with Gasteiger partial charge in [0.2, 0.25) is 5.91 Å². The smallest absolute Gasteiger partial charge is 0.251 e. The Morgan fingerprint density at radius 2 is 2.05 bits per heavy atom. The van der Waals surface area contributed by atoms with Crippen LogP contribution in [0.5, 0.6) is 0 Å². The molecule has 5 heteroatoms. The van der Waals surface area contributed by atoms with Gasteiger partial charge in [0, 0.05) is 17.7 Å². The fourth-order valence-electron chi connectivity index (χ4n) is 1.57. The van der Waals surface area contributed by atoms with E-state index in [1.807, 2.05) is 19.9 Å². The number of hydrogen-bond acceptors (Lipinski definition) is 3. The number of benzene rings is 1. The van der Waals surface area contributed by atoms with Gasteiger partial charge in [-0.25, -0.2) is 0 Å². The van der Waals surface area contributed by atoms with Crippen molar-refractivity contribution < 1.29 is 9.59 Å². The molecule has 1 aromatic rings. The van der Waals surface area contributed by atoms with Crippen LogP contribution in [0.25, 0.3) is 0 Å². The van der Waals surface area contributed by atoms with Gasteiger partial charge in [-0.15, -0.1) is 0 Å². The van der Waals surface area contributed by atoms with Crippen LogP contribution >= 0.6 is 0 Å². The predicted molar refractivity (Wildman–Crippen MR) is 78.1 cm³/mol. The molecule has 0 saturated heterocycles. The van der Waals surface area contributed by atoms with Crippen LogP contribution in [0.4, 0.5) is 0 Å². The van der Waals surface area contributed by atoms with E-state index >= 15 is 0 Å². The van der Waals surface area contributed by atoms with E-state index < -0.39 is 0 Å². The van der Waals surface area contributed by atoms with Crippen LogP contribution in [0.15, 0.2) is 18.2 Å². The van der Waals surface area contributed by atoms with Crippen molar-refractivity contribution in [2.75, 3.05) is 19.6 Å². The van der Waals surface area contributed by atoms with Gasteiger partial charge in [0.1, 0.15) is 0 Å². The van der Waals surface area contributed by atoms with Crippen molar-refractivity contribution in [2.24, 2.45) is 5.73 Å². The number of amides is 2. The summed E-state index contributed by atoms with van der Waals surface area (Å²) in [4.78, 5) is 23.2. The molecular formula is C15H19N3O2. The molecule has 20 heavy (non-hydrogen) atoms. The molecule has 0 aliphatic carbocycles. The fourth-order valence-corrected chi connectivity index (χ4v) is 1.57. The molecular weight excluding hydrogens is 254 g/mol. The van der Waals surface area contributed by atoms with Gasteiger partial charge in [0.15, 0.2) is 0 Å². The Balaban J connectivity index is 2.76. The number of carbonyl (C=O) groups excluding carboxylic acids is 2. The molecule has 0 aliphatic rings. The minimum atomic E-state index is -0.299. The van der Waals surface area contributed by atoms with Crippen molar-refractivity contribution in [1.29, 1.82) is 0 Å². The lowest BCUT2D eigenvalue weighted by Gasteiger charge is -2.07. The van der Waals surface area contributed by atoms with Crippen LogP contribution in [0.3, 0.4) is 0 Å². The highest BCUT2D eigenvalue weighted by atomic mass is 16.2. The van der Waals surface area contributed by atoms with Gasteiger partial charge < -0.3 is 16.4 Å². The molecule has 106 valence electrons. The molecule has 0 unspecified atom stereocenters. The molecule has 2 amide bonds. The van der Waals surface area contributed by atoms with Crippen LogP contribution in [-0.2, 0) is 4.79 Å². The Morgan fingerprint density at radius 1 is 1.30 bits per heavy atom. The van der Waals surface area contributed by atoms with Gasteiger partial charge >= 0.3 is 0 Å². The SMILES string of the molecule is CCNC(=O)CNC(=O)c1ccc(C)c(C#CCN)c1. The van der Waals surface area contributed by atoms with E-state index in [0.29, 0.717) is 12.1 Å². The first kappa shape index (κ1) is 15.7. The number of rotatable bonds is 4. The zero-order valence-electron chi connectivity index (χ0n) is 11.7. The summed E-state index contributed by atoms with van der Waals surface area (Å²) in [6.07, 6.45) is 0. The van der Waals surface area contributed by atoms with Crippen LogP contribution in [-0.4, -0.2) is 31.4 Å². The number of carbonyl (C=O) groups is 2. The number of aryl methyl sites for hydroxylation is 1. The topological polar surface area (TPSA) is 84.2 Å². The average molecular weight is 273 g/mol. The minimum absolute atomic E-state index is 0.0373. The monoisotopic (exact) mass is 273 g/mol. The second-order valence-electron chi connectivity index (χ2n) is 4.17.